The zero-order valence-corrected chi connectivity index (χ0v) is 24.8. The topological polar surface area (TPSA) is 169 Å². The van der Waals surface area contributed by atoms with Gasteiger partial charge in [0.05, 0.1) is 24.1 Å². The zero-order chi connectivity index (χ0) is 27.8. The second-order valence-electron chi connectivity index (χ2n) is 8.77. The highest BCUT2D eigenvalue weighted by Gasteiger charge is 2.37. The third-order valence-electron chi connectivity index (χ3n) is 6.31. The van der Waals surface area contributed by atoms with Crippen LogP contribution in [0.2, 0.25) is 0 Å². The maximum absolute atomic E-state index is 11.7. The lowest BCUT2D eigenvalue weighted by atomic mass is 10.0. The molecule has 2 aliphatic carbocycles. The van der Waals surface area contributed by atoms with Crippen molar-refractivity contribution in [2.24, 2.45) is 10.2 Å². The fourth-order valence-electron chi connectivity index (χ4n) is 4.74. The van der Waals surface area contributed by atoms with Gasteiger partial charge in [-0.25, -0.2) is 16.8 Å². The van der Waals surface area contributed by atoms with Gasteiger partial charge in [0.2, 0.25) is 10.0 Å². The number of likely N-dealkylation sites (N-methyl/N-ethyl adjacent to an activating group) is 1. The average Bonchev–Trinajstić information content (AvgIpc) is 3.37. The first-order chi connectivity index (χ1) is 17.5. The van der Waals surface area contributed by atoms with Gasteiger partial charge in [0.25, 0.3) is 0 Å². The molecule has 0 saturated heterocycles. The Labute approximate surface area is 231 Å². The zero-order valence-electron chi connectivity index (χ0n) is 21.0. The number of alkyl halides is 1. The summed E-state index contributed by atoms with van der Waals surface area (Å²) in [6.45, 7) is 0. The van der Waals surface area contributed by atoms with E-state index in [9.17, 15) is 16.8 Å². The monoisotopic (exact) mass is 659 g/mol. The van der Waals surface area contributed by atoms with Gasteiger partial charge in [-0.05, 0) is 51.1 Å². The Kier molecular flexibility index (Phi) is 11.2. The smallest absolute Gasteiger partial charge is 0.211 e. The molecule has 0 amide bonds. The summed E-state index contributed by atoms with van der Waals surface area (Å²) in [4.78, 5) is 7.60. The van der Waals surface area contributed by atoms with Crippen molar-refractivity contribution in [2.75, 3.05) is 30.2 Å². The number of benzene rings is 2. The SMILES string of the molecule is CI.CN([C@@H]1c2ccccc2C[C@H]1N=[N+]=[N-])S(C)(=O)=O.CS(=O)(=O)C[C@@H]1c2ccccc2C[C@H]1N=[N+]=[N-]. The summed E-state index contributed by atoms with van der Waals surface area (Å²) < 4.78 is 47.4. The number of rotatable bonds is 6. The summed E-state index contributed by atoms with van der Waals surface area (Å²) in [6.07, 6.45) is 3.56. The molecule has 2 aliphatic rings. The number of fused-ring (bicyclic) bond motifs is 2. The maximum atomic E-state index is 11.7. The Morgan fingerprint density at radius 1 is 0.865 bits per heavy atom. The summed E-state index contributed by atoms with van der Waals surface area (Å²) in [5.41, 5.74) is 21.2. The van der Waals surface area contributed by atoms with Gasteiger partial charge in [-0.15, -0.1) is 0 Å². The normalized spacial score (nSPS) is 21.7. The molecule has 0 heterocycles. The Bertz CT molecular complexity index is 1410. The minimum Gasteiger partial charge on any atom is -0.229 e. The van der Waals surface area contributed by atoms with E-state index in [-0.39, 0.29) is 23.8 Å². The van der Waals surface area contributed by atoms with Crippen LogP contribution in [0, 0.1) is 0 Å². The molecule has 11 nitrogen and oxygen atoms in total. The highest BCUT2D eigenvalue weighted by Crippen LogP contribution is 2.38. The molecule has 2 aromatic carbocycles. The molecule has 4 atom stereocenters. The van der Waals surface area contributed by atoms with Crippen LogP contribution in [-0.4, -0.2) is 63.5 Å². The summed E-state index contributed by atoms with van der Waals surface area (Å²) in [6, 6.07) is 14.2. The van der Waals surface area contributed by atoms with Crippen molar-refractivity contribution in [1.82, 2.24) is 4.31 Å². The molecule has 14 heteroatoms. The highest BCUT2D eigenvalue weighted by molar-refractivity contribution is 14.1. The fourth-order valence-corrected chi connectivity index (χ4v) is 6.46. The van der Waals surface area contributed by atoms with E-state index in [1.165, 1.54) is 17.6 Å². The van der Waals surface area contributed by atoms with E-state index < -0.39 is 25.9 Å². The van der Waals surface area contributed by atoms with Crippen molar-refractivity contribution < 1.29 is 16.8 Å². The molecular weight excluding hydrogens is 629 g/mol. The lowest BCUT2D eigenvalue weighted by molar-refractivity contribution is 0.345. The summed E-state index contributed by atoms with van der Waals surface area (Å²) in [5.74, 6) is -0.176. The van der Waals surface area contributed by atoms with Crippen LogP contribution in [0.4, 0.5) is 0 Å². The molecule has 0 fully saturated rings. The largest absolute Gasteiger partial charge is 0.229 e. The van der Waals surface area contributed by atoms with Crippen LogP contribution in [0.1, 0.15) is 34.2 Å². The molecular formula is C23H30IN7O4S2. The van der Waals surface area contributed by atoms with Gasteiger partial charge in [-0.3, -0.25) is 0 Å². The van der Waals surface area contributed by atoms with Crippen LogP contribution in [-0.2, 0) is 32.7 Å². The van der Waals surface area contributed by atoms with E-state index >= 15 is 0 Å². The van der Waals surface area contributed by atoms with Gasteiger partial charge in [0.15, 0.2) is 0 Å². The number of hydrogen-bond acceptors (Lipinski definition) is 6. The van der Waals surface area contributed by atoms with Crippen LogP contribution in [0.3, 0.4) is 0 Å². The molecule has 0 saturated carbocycles. The van der Waals surface area contributed by atoms with Crippen LogP contribution in [0.5, 0.6) is 0 Å². The van der Waals surface area contributed by atoms with E-state index in [0.717, 1.165) is 28.5 Å². The van der Waals surface area contributed by atoms with Crippen LogP contribution < -0.4 is 0 Å². The van der Waals surface area contributed by atoms with Gasteiger partial charge in [-0.1, -0.05) is 81.4 Å². The highest BCUT2D eigenvalue weighted by atomic mass is 127. The summed E-state index contributed by atoms with van der Waals surface area (Å²) >= 11 is 2.15. The molecule has 0 aliphatic heterocycles. The van der Waals surface area contributed by atoms with Gasteiger partial charge >= 0.3 is 0 Å². The molecule has 0 aromatic heterocycles. The van der Waals surface area contributed by atoms with E-state index in [1.54, 1.807) is 0 Å². The van der Waals surface area contributed by atoms with Crippen molar-refractivity contribution in [3.8, 4) is 0 Å². The second-order valence-corrected chi connectivity index (χ2v) is 13.0. The van der Waals surface area contributed by atoms with E-state index in [2.05, 4.69) is 42.6 Å². The van der Waals surface area contributed by atoms with Crippen LogP contribution >= 0.6 is 22.6 Å². The Hall–Kier alpha value is -2.35. The van der Waals surface area contributed by atoms with E-state index in [4.69, 9.17) is 11.1 Å². The molecule has 0 N–H and O–H groups in total. The number of halogens is 1. The van der Waals surface area contributed by atoms with Crippen molar-refractivity contribution in [3.63, 3.8) is 0 Å². The van der Waals surface area contributed by atoms with Crippen molar-refractivity contribution in [1.29, 1.82) is 0 Å². The van der Waals surface area contributed by atoms with Crippen molar-refractivity contribution in [2.45, 2.75) is 36.9 Å². The minimum absolute atomic E-state index is 0.0354. The lowest BCUT2D eigenvalue weighted by Crippen LogP contribution is -2.34. The third-order valence-corrected chi connectivity index (χ3v) is 8.55. The predicted molar refractivity (Wildman–Crippen MR) is 154 cm³/mol. The van der Waals surface area contributed by atoms with Gasteiger partial charge in [0.1, 0.15) is 9.84 Å². The number of nitrogens with zero attached hydrogens (tertiary/aromatic N) is 7. The molecule has 4 rings (SSSR count). The standard InChI is InChI=1S/C11H14N4O2S.C11H13N3O2S.CH3I/c1-15(18(2,16)17)11-9-6-4-3-5-8(9)7-10(11)13-14-12;1-17(15,16)7-10-9-5-3-2-4-8(9)6-11(10)13-14-12;1-2/h3-6,10-11H,7H2,1-2H3;2-5,10-11H,6-7H2,1H3;1H3/t2*10-,11-;/m11./s1. The lowest BCUT2D eigenvalue weighted by Gasteiger charge is -2.26. The maximum Gasteiger partial charge on any atom is 0.211 e. The van der Waals surface area contributed by atoms with Crippen LogP contribution in [0.25, 0.3) is 20.9 Å². The van der Waals surface area contributed by atoms with Crippen molar-refractivity contribution in [3.05, 3.63) is 91.7 Å². The first kappa shape index (κ1) is 30.9. The molecule has 0 bridgehead atoms. The van der Waals surface area contributed by atoms with Gasteiger partial charge in [-0.2, -0.15) is 4.31 Å². The van der Waals surface area contributed by atoms with E-state index in [1.807, 2.05) is 53.5 Å². The summed E-state index contributed by atoms with van der Waals surface area (Å²) in [7, 11) is -4.90. The molecule has 0 spiro atoms. The third kappa shape index (κ3) is 8.06. The second kappa shape index (κ2) is 13.4. The van der Waals surface area contributed by atoms with Gasteiger partial charge in [0, 0.05) is 35.1 Å². The molecule has 2 aromatic rings. The number of azide groups is 2. The van der Waals surface area contributed by atoms with Crippen LogP contribution in [0.15, 0.2) is 58.8 Å². The van der Waals surface area contributed by atoms with Crippen molar-refractivity contribution >= 4 is 42.5 Å². The first-order valence-electron chi connectivity index (χ1n) is 11.2. The number of sulfonamides is 1. The Balaban J connectivity index is 0.000000244. The molecule has 200 valence electrons. The Morgan fingerprint density at radius 3 is 1.84 bits per heavy atom. The average molecular weight is 660 g/mol. The molecule has 0 unspecified atom stereocenters. The Morgan fingerprint density at radius 2 is 1.32 bits per heavy atom. The number of sulfone groups is 1. The molecule has 0 radical (unpaired) electrons. The quantitative estimate of drug-likeness (QED) is 0.141. The first-order valence-corrected chi connectivity index (χ1v) is 17.3. The number of hydrogen-bond donors (Lipinski definition) is 0. The fraction of sp³-hybridized carbons (Fsp3) is 0.478. The van der Waals surface area contributed by atoms with Gasteiger partial charge < -0.3 is 0 Å². The van der Waals surface area contributed by atoms with E-state index in [0.29, 0.717) is 12.8 Å². The minimum atomic E-state index is -3.33. The predicted octanol–water partition coefficient (Wildman–Crippen LogP) is 4.96. The molecule has 37 heavy (non-hydrogen) atoms. The summed E-state index contributed by atoms with van der Waals surface area (Å²) in [5, 5.41) is 7.45.